The van der Waals surface area contributed by atoms with E-state index in [1.165, 1.54) is 0 Å². The molecular weight excluding hydrogens is 266 g/mol. The summed E-state index contributed by atoms with van der Waals surface area (Å²) in [5, 5.41) is 11.6. The van der Waals surface area contributed by atoms with Gasteiger partial charge >= 0.3 is 5.97 Å². The molecule has 1 heterocycles. The van der Waals surface area contributed by atoms with Crippen molar-refractivity contribution >= 4 is 15.8 Å². The highest BCUT2D eigenvalue weighted by Gasteiger charge is 2.46. The highest BCUT2D eigenvalue weighted by molar-refractivity contribution is 7.92. The molecule has 0 radical (unpaired) electrons. The van der Waals surface area contributed by atoms with Crippen molar-refractivity contribution in [1.29, 1.82) is 0 Å². The first kappa shape index (κ1) is 12.6. The van der Waals surface area contributed by atoms with E-state index in [2.05, 4.69) is 5.32 Å². The maximum Gasteiger partial charge on any atom is 0.321 e. The minimum absolute atomic E-state index is 0.314. The maximum absolute atomic E-state index is 12.2. The minimum atomic E-state index is -3.36. The van der Waals surface area contributed by atoms with Crippen LogP contribution in [0.2, 0.25) is 0 Å². The van der Waals surface area contributed by atoms with Crippen LogP contribution in [0.5, 0.6) is 0 Å². The molecule has 0 spiro atoms. The molecular formula is C13H15NO4S. The second kappa shape index (κ2) is 4.31. The van der Waals surface area contributed by atoms with Crippen molar-refractivity contribution in [3.05, 3.63) is 35.4 Å². The zero-order chi connectivity index (χ0) is 13.6. The van der Waals surface area contributed by atoms with Crippen molar-refractivity contribution in [3.8, 4) is 0 Å². The van der Waals surface area contributed by atoms with Crippen LogP contribution in [0.25, 0.3) is 0 Å². The molecule has 3 atom stereocenters. The van der Waals surface area contributed by atoms with Gasteiger partial charge in [0.25, 0.3) is 0 Å². The molecule has 19 heavy (non-hydrogen) atoms. The third kappa shape index (κ3) is 2.04. The Balaban J connectivity index is 2.06. The standard InChI is InChI=1S/C13H15NO4S/c15-13(16)10-7-19(17,18)11-6-5-8-3-1-2-4-9(8)12(11)14-10/h1-4,10-12,14H,5-7H2,(H,15,16). The average Bonchev–Trinajstić information content (AvgIpc) is 2.37. The number of benzene rings is 1. The summed E-state index contributed by atoms with van der Waals surface area (Å²) in [5.74, 6) is -1.42. The smallest absolute Gasteiger partial charge is 0.321 e. The van der Waals surface area contributed by atoms with Gasteiger partial charge in [-0.25, -0.2) is 8.42 Å². The summed E-state index contributed by atoms with van der Waals surface area (Å²) in [4.78, 5) is 11.1. The van der Waals surface area contributed by atoms with E-state index in [0.29, 0.717) is 6.42 Å². The van der Waals surface area contributed by atoms with Gasteiger partial charge < -0.3 is 5.11 Å². The zero-order valence-corrected chi connectivity index (χ0v) is 11.1. The van der Waals surface area contributed by atoms with E-state index in [-0.39, 0.29) is 5.75 Å². The van der Waals surface area contributed by atoms with E-state index in [0.717, 1.165) is 17.5 Å². The molecule has 102 valence electrons. The van der Waals surface area contributed by atoms with Gasteiger partial charge in [-0.15, -0.1) is 0 Å². The number of nitrogens with one attached hydrogen (secondary N) is 1. The number of aryl methyl sites for hydroxylation is 1. The van der Waals surface area contributed by atoms with Crippen LogP contribution in [-0.4, -0.2) is 36.5 Å². The predicted octanol–water partition coefficient (Wildman–Crippen LogP) is 0.514. The number of hydrogen-bond acceptors (Lipinski definition) is 4. The zero-order valence-electron chi connectivity index (χ0n) is 10.2. The predicted molar refractivity (Wildman–Crippen MR) is 69.6 cm³/mol. The fourth-order valence-corrected chi connectivity index (χ4v) is 5.14. The first-order chi connectivity index (χ1) is 8.99. The van der Waals surface area contributed by atoms with Gasteiger partial charge in [0, 0.05) is 6.04 Å². The molecule has 1 aromatic carbocycles. The SMILES string of the molecule is O=C(O)C1CS(=O)(=O)C2CCc3ccccc3C2N1. The molecule has 2 aliphatic rings. The van der Waals surface area contributed by atoms with Crippen LogP contribution in [0.1, 0.15) is 23.6 Å². The average molecular weight is 281 g/mol. The van der Waals surface area contributed by atoms with Crippen LogP contribution in [0, 0.1) is 0 Å². The molecule has 5 nitrogen and oxygen atoms in total. The Morgan fingerprint density at radius 1 is 1.32 bits per heavy atom. The number of fused-ring (bicyclic) bond motifs is 3. The van der Waals surface area contributed by atoms with Gasteiger partial charge in [-0.2, -0.15) is 0 Å². The lowest BCUT2D eigenvalue weighted by molar-refractivity contribution is -0.139. The van der Waals surface area contributed by atoms with E-state index in [1.54, 1.807) is 0 Å². The number of aliphatic carboxylic acids is 1. The van der Waals surface area contributed by atoms with Gasteiger partial charge in [-0.1, -0.05) is 24.3 Å². The van der Waals surface area contributed by atoms with E-state index in [1.807, 2.05) is 24.3 Å². The Hall–Kier alpha value is -1.40. The lowest BCUT2D eigenvalue weighted by atomic mass is 9.86. The van der Waals surface area contributed by atoms with Gasteiger partial charge in [0.05, 0.1) is 11.0 Å². The van der Waals surface area contributed by atoms with Crippen LogP contribution >= 0.6 is 0 Å². The van der Waals surface area contributed by atoms with Crippen LogP contribution < -0.4 is 5.32 Å². The second-order valence-electron chi connectivity index (χ2n) is 5.14. The number of carbonyl (C=O) groups is 1. The molecule has 1 fully saturated rings. The Morgan fingerprint density at radius 3 is 2.79 bits per heavy atom. The minimum Gasteiger partial charge on any atom is -0.480 e. The maximum atomic E-state index is 12.2. The fraction of sp³-hybridized carbons (Fsp3) is 0.462. The molecule has 0 bridgehead atoms. The molecule has 1 aliphatic heterocycles. The number of carboxylic acids is 1. The third-order valence-corrected chi connectivity index (χ3v) is 6.23. The van der Waals surface area contributed by atoms with Gasteiger partial charge in [0.15, 0.2) is 9.84 Å². The highest BCUT2D eigenvalue weighted by atomic mass is 32.2. The van der Waals surface area contributed by atoms with Gasteiger partial charge in [0.2, 0.25) is 0 Å². The normalized spacial score (nSPS) is 32.1. The first-order valence-corrected chi connectivity index (χ1v) is 7.99. The molecule has 1 aliphatic carbocycles. The molecule has 6 heteroatoms. The Bertz CT molecular complexity index is 625. The highest BCUT2D eigenvalue weighted by Crippen LogP contribution is 2.37. The lowest BCUT2D eigenvalue weighted by Gasteiger charge is -2.39. The monoisotopic (exact) mass is 281 g/mol. The van der Waals surface area contributed by atoms with E-state index >= 15 is 0 Å². The van der Waals surface area contributed by atoms with Crippen LogP contribution in [0.4, 0.5) is 0 Å². The quantitative estimate of drug-likeness (QED) is 0.784. The fourth-order valence-electron chi connectivity index (χ4n) is 3.08. The van der Waals surface area contributed by atoms with Crippen LogP contribution in [0.15, 0.2) is 24.3 Å². The molecule has 2 N–H and O–H groups in total. The van der Waals surface area contributed by atoms with Crippen molar-refractivity contribution < 1.29 is 18.3 Å². The summed E-state index contributed by atoms with van der Waals surface area (Å²) in [6, 6.07) is 6.23. The van der Waals surface area contributed by atoms with Crippen molar-refractivity contribution in [2.75, 3.05) is 5.75 Å². The Labute approximate surface area is 111 Å². The Morgan fingerprint density at radius 2 is 2.05 bits per heavy atom. The van der Waals surface area contributed by atoms with Crippen LogP contribution in [-0.2, 0) is 21.1 Å². The molecule has 3 unspecified atom stereocenters. The largest absolute Gasteiger partial charge is 0.480 e. The molecule has 0 saturated carbocycles. The molecule has 0 aromatic heterocycles. The topological polar surface area (TPSA) is 83.5 Å². The number of sulfone groups is 1. The molecule has 1 saturated heterocycles. The van der Waals surface area contributed by atoms with Crippen molar-refractivity contribution in [2.45, 2.75) is 30.2 Å². The third-order valence-electron chi connectivity index (χ3n) is 4.00. The number of hydrogen-bond donors (Lipinski definition) is 2. The van der Waals surface area contributed by atoms with Crippen LogP contribution in [0.3, 0.4) is 0 Å². The van der Waals surface area contributed by atoms with Crippen molar-refractivity contribution in [3.63, 3.8) is 0 Å². The number of carboxylic acid groups (broad SMARTS) is 1. The van der Waals surface area contributed by atoms with E-state index in [9.17, 15) is 13.2 Å². The summed E-state index contributed by atoms with van der Waals surface area (Å²) in [5.41, 5.74) is 2.03. The first-order valence-electron chi connectivity index (χ1n) is 6.27. The number of rotatable bonds is 1. The summed E-state index contributed by atoms with van der Waals surface area (Å²) in [7, 11) is -3.36. The molecule has 0 amide bonds. The van der Waals surface area contributed by atoms with Crippen molar-refractivity contribution in [1.82, 2.24) is 5.32 Å². The Kier molecular flexibility index (Phi) is 2.87. The summed E-state index contributed by atoms with van der Waals surface area (Å²) >= 11 is 0. The molecule has 1 aromatic rings. The van der Waals surface area contributed by atoms with Gasteiger partial charge in [-0.05, 0) is 24.0 Å². The van der Waals surface area contributed by atoms with E-state index < -0.39 is 33.1 Å². The van der Waals surface area contributed by atoms with E-state index in [4.69, 9.17) is 5.11 Å². The van der Waals surface area contributed by atoms with Gasteiger partial charge in [-0.3, -0.25) is 10.1 Å². The second-order valence-corrected chi connectivity index (χ2v) is 7.41. The summed E-state index contributed by atoms with van der Waals surface area (Å²) < 4.78 is 24.5. The lowest BCUT2D eigenvalue weighted by Crippen LogP contribution is -2.56. The summed E-state index contributed by atoms with van der Waals surface area (Å²) in [6.07, 6.45) is 1.29. The van der Waals surface area contributed by atoms with Crippen molar-refractivity contribution in [2.24, 2.45) is 0 Å². The van der Waals surface area contributed by atoms with Gasteiger partial charge in [0.1, 0.15) is 6.04 Å². The summed E-state index contributed by atoms with van der Waals surface area (Å²) in [6.45, 7) is 0. The molecule has 3 rings (SSSR count).